The molecule has 0 atom stereocenters. The minimum atomic E-state index is 0.340. The van der Waals surface area contributed by atoms with Crippen molar-refractivity contribution in [3.63, 3.8) is 0 Å². The third kappa shape index (κ3) is 2.73. The first-order valence-electron chi connectivity index (χ1n) is 5.43. The molecule has 0 aliphatic rings. The number of hydrogen-bond donors (Lipinski definition) is 0. The normalized spacial score (nSPS) is 10.4. The summed E-state index contributed by atoms with van der Waals surface area (Å²) < 4.78 is 12.6. The van der Waals surface area contributed by atoms with Gasteiger partial charge in [0.1, 0.15) is 12.9 Å². The molecule has 0 aliphatic heterocycles. The van der Waals surface area contributed by atoms with Gasteiger partial charge in [-0.15, -0.1) is 11.6 Å². The van der Waals surface area contributed by atoms with E-state index in [2.05, 4.69) is 10.1 Å². The zero-order chi connectivity index (χ0) is 13.0. The molecule has 1 aromatic heterocycles. The van der Waals surface area contributed by atoms with Gasteiger partial charge in [-0.1, -0.05) is 6.07 Å². The van der Waals surface area contributed by atoms with E-state index in [9.17, 15) is 0 Å². The lowest BCUT2D eigenvalue weighted by molar-refractivity contribution is 0.271. The second kappa shape index (κ2) is 5.73. The van der Waals surface area contributed by atoms with Crippen molar-refractivity contribution < 1.29 is 9.47 Å². The highest BCUT2D eigenvalue weighted by molar-refractivity contribution is 6.17. The molecule has 0 spiro atoms. The summed E-state index contributed by atoms with van der Waals surface area (Å²) in [6, 6.07) is 5.60. The van der Waals surface area contributed by atoms with Crippen LogP contribution < -0.4 is 9.47 Å². The zero-order valence-electron chi connectivity index (χ0n) is 10.3. The highest BCUT2D eigenvalue weighted by atomic mass is 35.5. The van der Waals surface area contributed by atoms with Crippen LogP contribution in [0.3, 0.4) is 0 Å². The highest BCUT2D eigenvalue weighted by Crippen LogP contribution is 2.29. The number of rotatable bonds is 5. The number of halogens is 1. The first kappa shape index (κ1) is 12.7. The average molecular weight is 268 g/mol. The molecule has 0 aliphatic carbocycles. The minimum absolute atomic E-state index is 0.340. The Kier molecular flexibility index (Phi) is 4.04. The largest absolute Gasteiger partial charge is 0.493 e. The third-order valence-corrected chi connectivity index (χ3v) is 2.85. The number of benzene rings is 1. The van der Waals surface area contributed by atoms with Crippen LogP contribution >= 0.6 is 11.6 Å². The number of aryl methyl sites for hydroxylation is 1. The lowest BCUT2D eigenvalue weighted by atomic mass is 10.2. The van der Waals surface area contributed by atoms with E-state index in [4.69, 9.17) is 21.1 Å². The summed E-state index contributed by atoms with van der Waals surface area (Å²) >= 11 is 5.77. The standard InChI is InChI=1S/C12H14ClN3O2/c1-16-12(14-8-15-16)7-18-10-4-3-9(6-13)5-11(10)17-2/h3-5,8H,6-7H2,1-2H3. The van der Waals surface area contributed by atoms with Crippen LogP contribution in [0.5, 0.6) is 11.5 Å². The van der Waals surface area contributed by atoms with E-state index < -0.39 is 0 Å². The van der Waals surface area contributed by atoms with Gasteiger partial charge in [0.05, 0.1) is 7.11 Å². The lowest BCUT2D eigenvalue weighted by Crippen LogP contribution is -2.05. The number of aromatic nitrogens is 3. The Hall–Kier alpha value is -1.75. The summed E-state index contributed by atoms with van der Waals surface area (Å²) in [5.41, 5.74) is 0.986. The zero-order valence-corrected chi connectivity index (χ0v) is 11.0. The molecule has 0 saturated carbocycles. The number of hydrogen-bond acceptors (Lipinski definition) is 4. The van der Waals surface area contributed by atoms with Gasteiger partial charge in [0, 0.05) is 12.9 Å². The molecule has 0 saturated heterocycles. The maximum atomic E-state index is 5.77. The molecule has 2 rings (SSSR count). The lowest BCUT2D eigenvalue weighted by Gasteiger charge is -2.11. The quantitative estimate of drug-likeness (QED) is 0.779. The van der Waals surface area contributed by atoms with E-state index in [-0.39, 0.29) is 0 Å². The molecule has 2 aromatic rings. The molecule has 1 aromatic carbocycles. The SMILES string of the molecule is COc1cc(CCl)ccc1OCc1ncnn1C. The van der Waals surface area contributed by atoms with Gasteiger partial charge in [-0.3, -0.25) is 4.68 Å². The maximum Gasteiger partial charge on any atom is 0.164 e. The summed E-state index contributed by atoms with van der Waals surface area (Å²) in [7, 11) is 3.42. The Labute approximate surface area is 110 Å². The summed E-state index contributed by atoms with van der Waals surface area (Å²) in [5.74, 6) is 2.52. The Morgan fingerprint density at radius 1 is 1.33 bits per heavy atom. The Bertz CT molecular complexity index is 528. The predicted molar refractivity (Wildman–Crippen MR) is 67.9 cm³/mol. The first-order chi connectivity index (χ1) is 8.74. The summed E-state index contributed by atoms with van der Waals surface area (Å²) in [6.07, 6.45) is 1.49. The Morgan fingerprint density at radius 3 is 2.78 bits per heavy atom. The number of ether oxygens (including phenoxy) is 2. The van der Waals surface area contributed by atoms with Crippen LogP contribution in [-0.2, 0) is 19.5 Å². The topological polar surface area (TPSA) is 49.2 Å². The molecule has 0 radical (unpaired) electrons. The van der Waals surface area contributed by atoms with Crippen molar-refractivity contribution in [3.05, 3.63) is 35.9 Å². The molecule has 0 fully saturated rings. The fourth-order valence-electron chi connectivity index (χ4n) is 1.51. The van der Waals surface area contributed by atoms with Crippen LogP contribution in [0.1, 0.15) is 11.4 Å². The summed E-state index contributed by atoms with van der Waals surface area (Å²) in [4.78, 5) is 4.08. The average Bonchev–Trinajstić information content (AvgIpc) is 2.81. The fraction of sp³-hybridized carbons (Fsp3) is 0.333. The van der Waals surface area contributed by atoms with Crippen molar-refractivity contribution in [1.82, 2.24) is 14.8 Å². The van der Waals surface area contributed by atoms with Gasteiger partial charge in [0.2, 0.25) is 0 Å². The van der Waals surface area contributed by atoms with E-state index in [1.807, 2.05) is 25.2 Å². The van der Waals surface area contributed by atoms with Crippen molar-refractivity contribution >= 4 is 11.6 Å². The second-order valence-electron chi connectivity index (χ2n) is 3.71. The Balaban J connectivity index is 2.11. The van der Waals surface area contributed by atoms with Crippen molar-refractivity contribution in [1.29, 1.82) is 0 Å². The van der Waals surface area contributed by atoms with Crippen molar-refractivity contribution in [2.24, 2.45) is 7.05 Å². The van der Waals surface area contributed by atoms with E-state index in [1.165, 1.54) is 6.33 Å². The summed E-state index contributed by atoms with van der Waals surface area (Å²) in [6.45, 7) is 0.340. The van der Waals surface area contributed by atoms with Crippen molar-refractivity contribution in [2.45, 2.75) is 12.5 Å². The van der Waals surface area contributed by atoms with Gasteiger partial charge < -0.3 is 9.47 Å². The smallest absolute Gasteiger partial charge is 0.164 e. The van der Waals surface area contributed by atoms with Crippen molar-refractivity contribution in [3.8, 4) is 11.5 Å². The predicted octanol–water partition coefficient (Wildman–Crippen LogP) is 2.14. The van der Waals surface area contributed by atoms with Crippen LogP contribution in [0.15, 0.2) is 24.5 Å². The van der Waals surface area contributed by atoms with Gasteiger partial charge in [0.25, 0.3) is 0 Å². The molecule has 18 heavy (non-hydrogen) atoms. The van der Waals surface area contributed by atoms with E-state index in [1.54, 1.807) is 11.8 Å². The van der Waals surface area contributed by atoms with Crippen LogP contribution in [0.2, 0.25) is 0 Å². The van der Waals surface area contributed by atoms with E-state index in [0.717, 1.165) is 11.4 Å². The van der Waals surface area contributed by atoms with E-state index >= 15 is 0 Å². The van der Waals surface area contributed by atoms with Crippen LogP contribution in [0, 0.1) is 0 Å². The molecule has 6 heteroatoms. The van der Waals surface area contributed by atoms with E-state index in [0.29, 0.717) is 24.0 Å². The highest BCUT2D eigenvalue weighted by Gasteiger charge is 2.07. The van der Waals surface area contributed by atoms with Gasteiger partial charge in [-0.25, -0.2) is 4.98 Å². The van der Waals surface area contributed by atoms with Gasteiger partial charge in [0.15, 0.2) is 17.3 Å². The third-order valence-electron chi connectivity index (χ3n) is 2.54. The first-order valence-corrected chi connectivity index (χ1v) is 5.96. The second-order valence-corrected chi connectivity index (χ2v) is 3.97. The molecule has 0 unspecified atom stereocenters. The van der Waals surface area contributed by atoms with Gasteiger partial charge in [-0.2, -0.15) is 5.10 Å². The molecule has 96 valence electrons. The molecular formula is C12H14ClN3O2. The molecular weight excluding hydrogens is 254 g/mol. The number of alkyl halides is 1. The monoisotopic (exact) mass is 267 g/mol. The van der Waals surface area contributed by atoms with Crippen LogP contribution in [-0.4, -0.2) is 21.9 Å². The van der Waals surface area contributed by atoms with Gasteiger partial charge in [-0.05, 0) is 17.7 Å². The molecule has 0 amide bonds. The summed E-state index contributed by atoms with van der Waals surface area (Å²) in [5, 5.41) is 3.98. The molecule has 0 N–H and O–H groups in total. The molecule has 5 nitrogen and oxygen atoms in total. The molecule has 0 bridgehead atoms. The minimum Gasteiger partial charge on any atom is -0.493 e. The Morgan fingerprint density at radius 2 is 2.17 bits per heavy atom. The van der Waals surface area contributed by atoms with Gasteiger partial charge >= 0.3 is 0 Å². The fourth-order valence-corrected chi connectivity index (χ4v) is 1.67. The van der Waals surface area contributed by atoms with Crippen molar-refractivity contribution in [2.75, 3.05) is 7.11 Å². The maximum absolute atomic E-state index is 5.77. The van der Waals surface area contributed by atoms with Crippen LogP contribution in [0.4, 0.5) is 0 Å². The number of nitrogens with zero attached hydrogens (tertiary/aromatic N) is 3. The number of methoxy groups -OCH3 is 1. The molecule has 1 heterocycles. The van der Waals surface area contributed by atoms with Crippen LogP contribution in [0.25, 0.3) is 0 Å².